The Hall–Kier alpha value is -3.12. The number of carbonyl (C=O) groups excluding carboxylic acids is 2. The number of amides is 2. The SMILES string of the molecule is CCC(NC(=O)c1cccc(NC(=O)c2cccs2)c1)c1ccc(OC)cc1. The van der Waals surface area contributed by atoms with Crippen LogP contribution in [0.3, 0.4) is 0 Å². The summed E-state index contributed by atoms with van der Waals surface area (Å²) in [5, 5.41) is 7.73. The lowest BCUT2D eigenvalue weighted by atomic mass is 10.0. The Bertz CT molecular complexity index is 937. The second-order valence-corrected chi connectivity index (χ2v) is 7.17. The predicted molar refractivity (Wildman–Crippen MR) is 112 cm³/mol. The average Bonchev–Trinajstić information content (AvgIpc) is 3.27. The number of benzene rings is 2. The van der Waals surface area contributed by atoms with Crippen LogP contribution in [0.15, 0.2) is 66.0 Å². The van der Waals surface area contributed by atoms with Crippen molar-refractivity contribution in [3.05, 3.63) is 82.0 Å². The van der Waals surface area contributed by atoms with Crippen LogP contribution >= 0.6 is 11.3 Å². The molecule has 6 heteroatoms. The van der Waals surface area contributed by atoms with Gasteiger partial charge < -0.3 is 15.4 Å². The van der Waals surface area contributed by atoms with Crippen molar-refractivity contribution in [3.63, 3.8) is 0 Å². The fourth-order valence-corrected chi connectivity index (χ4v) is 3.46. The maximum absolute atomic E-state index is 12.7. The second kappa shape index (κ2) is 9.19. The maximum Gasteiger partial charge on any atom is 0.265 e. The number of carbonyl (C=O) groups is 2. The molecule has 3 rings (SSSR count). The summed E-state index contributed by atoms with van der Waals surface area (Å²) in [7, 11) is 1.62. The number of nitrogens with one attached hydrogen (secondary N) is 2. The molecule has 5 nitrogen and oxygen atoms in total. The number of methoxy groups -OCH3 is 1. The Balaban J connectivity index is 1.69. The van der Waals surface area contributed by atoms with Crippen LogP contribution in [0, 0.1) is 0 Å². The molecule has 1 heterocycles. The van der Waals surface area contributed by atoms with Gasteiger partial charge in [-0.15, -0.1) is 11.3 Å². The van der Waals surface area contributed by atoms with Gasteiger partial charge in [-0.3, -0.25) is 9.59 Å². The normalized spacial score (nSPS) is 11.5. The maximum atomic E-state index is 12.7. The van der Waals surface area contributed by atoms with Crippen molar-refractivity contribution in [2.24, 2.45) is 0 Å². The van der Waals surface area contributed by atoms with Gasteiger partial charge in [0.25, 0.3) is 11.8 Å². The van der Waals surface area contributed by atoms with Gasteiger partial charge in [-0.1, -0.05) is 31.2 Å². The highest BCUT2D eigenvalue weighted by Crippen LogP contribution is 2.21. The molecule has 0 fully saturated rings. The van der Waals surface area contributed by atoms with E-state index in [4.69, 9.17) is 4.74 Å². The second-order valence-electron chi connectivity index (χ2n) is 6.22. The fraction of sp³-hybridized carbons (Fsp3) is 0.182. The van der Waals surface area contributed by atoms with E-state index >= 15 is 0 Å². The van der Waals surface area contributed by atoms with Crippen molar-refractivity contribution in [3.8, 4) is 5.75 Å². The van der Waals surface area contributed by atoms with Crippen LogP contribution < -0.4 is 15.4 Å². The summed E-state index contributed by atoms with van der Waals surface area (Å²) in [6, 6.07) is 18.1. The molecule has 2 aromatic carbocycles. The molecule has 0 aliphatic rings. The zero-order valence-electron chi connectivity index (χ0n) is 15.8. The first-order chi connectivity index (χ1) is 13.6. The molecular weight excluding hydrogens is 372 g/mol. The highest BCUT2D eigenvalue weighted by Gasteiger charge is 2.15. The van der Waals surface area contributed by atoms with Crippen molar-refractivity contribution >= 4 is 28.8 Å². The minimum absolute atomic E-state index is 0.109. The summed E-state index contributed by atoms with van der Waals surface area (Å²) in [6.45, 7) is 2.02. The predicted octanol–water partition coefficient (Wildman–Crippen LogP) is 4.89. The molecule has 0 saturated carbocycles. The highest BCUT2D eigenvalue weighted by atomic mass is 32.1. The van der Waals surface area contributed by atoms with Crippen LogP contribution in [0.5, 0.6) is 5.75 Å². The largest absolute Gasteiger partial charge is 0.497 e. The Morgan fingerprint density at radius 2 is 1.82 bits per heavy atom. The van der Waals surface area contributed by atoms with Gasteiger partial charge in [0.15, 0.2) is 0 Å². The summed E-state index contributed by atoms with van der Waals surface area (Å²) < 4.78 is 5.18. The summed E-state index contributed by atoms with van der Waals surface area (Å²) >= 11 is 1.37. The molecular formula is C22H22N2O3S. The molecule has 0 bridgehead atoms. The van der Waals surface area contributed by atoms with Crippen LogP contribution in [0.2, 0.25) is 0 Å². The van der Waals surface area contributed by atoms with E-state index in [0.717, 1.165) is 17.7 Å². The lowest BCUT2D eigenvalue weighted by Crippen LogP contribution is -2.28. The molecule has 0 radical (unpaired) electrons. The standard InChI is InChI=1S/C22H22N2O3S/c1-3-19(15-9-11-18(27-2)12-10-15)24-21(25)16-6-4-7-17(14-16)23-22(26)20-8-5-13-28-20/h4-14,19H,3H2,1-2H3,(H,23,26)(H,24,25). The quantitative estimate of drug-likeness (QED) is 0.599. The van der Waals surface area contributed by atoms with E-state index in [1.807, 2.05) is 42.6 Å². The lowest BCUT2D eigenvalue weighted by Gasteiger charge is -2.18. The zero-order valence-corrected chi connectivity index (χ0v) is 16.6. The van der Waals surface area contributed by atoms with E-state index < -0.39 is 0 Å². The average molecular weight is 394 g/mol. The number of hydrogen-bond donors (Lipinski definition) is 2. The van der Waals surface area contributed by atoms with E-state index in [0.29, 0.717) is 16.1 Å². The summed E-state index contributed by atoms with van der Waals surface area (Å²) in [4.78, 5) is 25.6. The Morgan fingerprint density at radius 3 is 2.46 bits per heavy atom. The van der Waals surface area contributed by atoms with Gasteiger partial charge in [-0.25, -0.2) is 0 Å². The fourth-order valence-electron chi connectivity index (χ4n) is 2.84. The molecule has 144 valence electrons. The minimum Gasteiger partial charge on any atom is -0.497 e. The van der Waals surface area contributed by atoms with Crippen LogP contribution in [0.1, 0.15) is 45.0 Å². The van der Waals surface area contributed by atoms with Gasteiger partial charge in [0.1, 0.15) is 5.75 Å². The number of hydrogen-bond acceptors (Lipinski definition) is 4. The van der Waals surface area contributed by atoms with Crippen molar-refractivity contribution in [2.45, 2.75) is 19.4 Å². The number of ether oxygens (including phenoxy) is 1. The first kappa shape index (κ1) is 19.6. The molecule has 0 saturated heterocycles. The van der Waals surface area contributed by atoms with Gasteiger partial charge in [0.05, 0.1) is 18.0 Å². The molecule has 2 amide bonds. The van der Waals surface area contributed by atoms with E-state index in [9.17, 15) is 9.59 Å². The Labute approximate surface area is 168 Å². The van der Waals surface area contributed by atoms with Crippen LogP contribution in [0.25, 0.3) is 0 Å². The molecule has 1 unspecified atom stereocenters. The summed E-state index contributed by atoms with van der Waals surface area (Å²) in [5.41, 5.74) is 2.10. The Morgan fingerprint density at radius 1 is 1.04 bits per heavy atom. The topological polar surface area (TPSA) is 67.4 Å². The molecule has 0 aliphatic heterocycles. The van der Waals surface area contributed by atoms with E-state index in [-0.39, 0.29) is 17.9 Å². The van der Waals surface area contributed by atoms with Crippen molar-refractivity contribution < 1.29 is 14.3 Å². The first-order valence-corrected chi connectivity index (χ1v) is 9.88. The number of thiophene rings is 1. The van der Waals surface area contributed by atoms with E-state index in [2.05, 4.69) is 10.6 Å². The van der Waals surface area contributed by atoms with Gasteiger partial charge in [-0.05, 0) is 53.8 Å². The summed E-state index contributed by atoms with van der Waals surface area (Å²) in [6.07, 6.45) is 0.757. The van der Waals surface area contributed by atoms with Crippen LogP contribution in [-0.4, -0.2) is 18.9 Å². The first-order valence-electron chi connectivity index (χ1n) is 9.00. The summed E-state index contributed by atoms with van der Waals surface area (Å²) in [5.74, 6) is 0.409. The highest BCUT2D eigenvalue weighted by molar-refractivity contribution is 7.12. The van der Waals surface area contributed by atoms with Crippen molar-refractivity contribution in [1.82, 2.24) is 5.32 Å². The van der Waals surface area contributed by atoms with Gasteiger partial charge >= 0.3 is 0 Å². The van der Waals surface area contributed by atoms with Gasteiger partial charge in [0.2, 0.25) is 0 Å². The van der Waals surface area contributed by atoms with Gasteiger partial charge in [0, 0.05) is 11.3 Å². The molecule has 0 spiro atoms. The van der Waals surface area contributed by atoms with E-state index in [1.54, 1.807) is 37.4 Å². The molecule has 2 N–H and O–H groups in total. The molecule has 28 heavy (non-hydrogen) atoms. The zero-order chi connectivity index (χ0) is 19.9. The van der Waals surface area contributed by atoms with Crippen molar-refractivity contribution in [1.29, 1.82) is 0 Å². The van der Waals surface area contributed by atoms with Gasteiger partial charge in [-0.2, -0.15) is 0 Å². The molecule has 3 aromatic rings. The third-order valence-electron chi connectivity index (χ3n) is 4.36. The molecule has 1 atom stereocenters. The third kappa shape index (κ3) is 4.78. The third-order valence-corrected chi connectivity index (χ3v) is 5.23. The minimum atomic E-state index is -0.185. The monoisotopic (exact) mass is 394 g/mol. The molecule has 0 aliphatic carbocycles. The van der Waals surface area contributed by atoms with Crippen LogP contribution in [-0.2, 0) is 0 Å². The smallest absolute Gasteiger partial charge is 0.265 e. The lowest BCUT2D eigenvalue weighted by molar-refractivity contribution is 0.0934. The van der Waals surface area contributed by atoms with Crippen LogP contribution in [0.4, 0.5) is 5.69 Å². The van der Waals surface area contributed by atoms with Crippen molar-refractivity contribution in [2.75, 3.05) is 12.4 Å². The number of rotatable bonds is 7. The van der Waals surface area contributed by atoms with E-state index in [1.165, 1.54) is 11.3 Å². The number of anilines is 1. The Kier molecular flexibility index (Phi) is 6.45. The molecule has 1 aromatic heterocycles.